The maximum atomic E-state index is 2.57. The van der Waals surface area contributed by atoms with E-state index in [1.54, 1.807) is 0 Å². The first kappa shape index (κ1) is 17.0. The predicted molar refractivity (Wildman–Crippen MR) is 106 cm³/mol. The molecule has 25 heavy (non-hydrogen) atoms. The van der Waals surface area contributed by atoms with Crippen LogP contribution < -0.4 is 4.90 Å². The number of anilines is 1. The van der Waals surface area contributed by atoms with Gasteiger partial charge in [0.1, 0.15) is 5.00 Å². The number of nitrogens with zero attached hydrogens (tertiary/aromatic N) is 4. The van der Waals surface area contributed by atoms with Crippen molar-refractivity contribution in [3.05, 3.63) is 51.4 Å². The molecule has 4 nitrogen and oxygen atoms in total. The minimum absolute atomic E-state index is 0.247. The van der Waals surface area contributed by atoms with Gasteiger partial charge in [0, 0.05) is 24.5 Å². The number of hydrogen-bond acceptors (Lipinski definition) is 5. The van der Waals surface area contributed by atoms with Crippen molar-refractivity contribution in [3.8, 4) is 0 Å². The topological polar surface area (TPSA) is 13.0 Å². The Kier molecular flexibility index (Phi) is 3.96. The zero-order valence-corrected chi connectivity index (χ0v) is 17.1. The van der Waals surface area contributed by atoms with Gasteiger partial charge in [-0.1, -0.05) is 29.8 Å². The lowest BCUT2D eigenvalue weighted by atomic mass is 9.93. The highest BCUT2D eigenvalue weighted by molar-refractivity contribution is 7.16. The maximum absolute atomic E-state index is 2.57. The van der Waals surface area contributed by atoms with E-state index in [1.165, 1.54) is 32.1 Å². The molecular weight excluding hydrogens is 328 g/mol. The summed E-state index contributed by atoms with van der Waals surface area (Å²) in [4.78, 5) is 6.53. The van der Waals surface area contributed by atoms with Gasteiger partial charge in [0.05, 0.1) is 12.2 Å². The quantitative estimate of drug-likeness (QED) is 0.767. The molecule has 2 aromatic rings. The highest BCUT2D eigenvalue weighted by Crippen LogP contribution is 2.51. The lowest BCUT2D eigenvalue weighted by molar-refractivity contribution is -0.0304. The molecule has 0 bridgehead atoms. The van der Waals surface area contributed by atoms with E-state index in [4.69, 9.17) is 0 Å². The fraction of sp³-hybridized carbons (Fsp3) is 0.500. The molecule has 2 aliphatic rings. The zero-order chi connectivity index (χ0) is 18.0. The van der Waals surface area contributed by atoms with Crippen LogP contribution in [0.3, 0.4) is 0 Å². The molecule has 4 rings (SSSR count). The highest BCUT2D eigenvalue weighted by atomic mass is 32.1. The lowest BCUT2D eigenvalue weighted by Crippen LogP contribution is -2.55. The Morgan fingerprint density at radius 1 is 0.920 bits per heavy atom. The van der Waals surface area contributed by atoms with Gasteiger partial charge in [0.25, 0.3) is 0 Å². The number of hydrazine groups is 1. The molecule has 1 aromatic carbocycles. The molecular formula is C20H28N4S. The van der Waals surface area contributed by atoms with Gasteiger partial charge < -0.3 is 4.90 Å². The number of benzene rings is 1. The summed E-state index contributed by atoms with van der Waals surface area (Å²) in [6.07, 6.45) is 0.601. The van der Waals surface area contributed by atoms with Crippen LogP contribution in [-0.4, -0.2) is 48.5 Å². The summed E-state index contributed by atoms with van der Waals surface area (Å²) in [5, 5.41) is 6.14. The monoisotopic (exact) mass is 356 g/mol. The second-order valence-electron chi connectivity index (χ2n) is 7.51. The summed E-state index contributed by atoms with van der Waals surface area (Å²) in [7, 11) is 6.65. The molecule has 0 amide bonds. The molecule has 0 spiro atoms. The van der Waals surface area contributed by atoms with Gasteiger partial charge in [-0.3, -0.25) is 4.90 Å². The van der Waals surface area contributed by atoms with Crippen LogP contribution in [0.1, 0.15) is 40.1 Å². The number of rotatable bonds is 1. The fourth-order valence-electron chi connectivity index (χ4n) is 4.34. The Labute approximate surface area is 155 Å². The molecule has 3 unspecified atom stereocenters. The van der Waals surface area contributed by atoms with Crippen molar-refractivity contribution in [2.45, 2.75) is 46.2 Å². The molecule has 0 aliphatic carbocycles. The van der Waals surface area contributed by atoms with E-state index in [9.17, 15) is 0 Å². The number of aryl methyl sites for hydroxylation is 2. The first-order chi connectivity index (χ1) is 11.8. The van der Waals surface area contributed by atoms with Crippen LogP contribution in [0.2, 0.25) is 0 Å². The SMILES string of the molecule is Cc1ccc(C2c3c(sc(C)c3C)N3C(C)N(C)N(C)C3N2C)cc1. The number of hydrogen-bond donors (Lipinski definition) is 0. The molecule has 1 aromatic heterocycles. The summed E-state index contributed by atoms with van der Waals surface area (Å²) in [6.45, 7) is 9.00. The van der Waals surface area contributed by atoms with Crippen LogP contribution in [0.5, 0.6) is 0 Å². The second-order valence-corrected chi connectivity index (χ2v) is 8.72. The first-order valence-corrected chi connectivity index (χ1v) is 9.77. The van der Waals surface area contributed by atoms with Crippen LogP contribution in [-0.2, 0) is 0 Å². The third kappa shape index (κ3) is 2.30. The van der Waals surface area contributed by atoms with Crippen molar-refractivity contribution in [3.63, 3.8) is 0 Å². The van der Waals surface area contributed by atoms with Gasteiger partial charge in [0.15, 0.2) is 6.29 Å². The van der Waals surface area contributed by atoms with Crippen LogP contribution in [0.4, 0.5) is 5.00 Å². The molecule has 3 atom stereocenters. The van der Waals surface area contributed by atoms with E-state index in [2.05, 4.69) is 92.9 Å². The normalized spacial score (nSPS) is 27.6. The Hall–Kier alpha value is -1.40. The summed E-state index contributed by atoms with van der Waals surface area (Å²) in [6, 6.07) is 9.35. The minimum Gasteiger partial charge on any atom is -0.317 e. The Bertz CT molecular complexity index is 797. The van der Waals surface area contributed by atoms with Crippen LogP contribution in [0.15, 0.2) is 24.3 Å². The molecule has 0 saturated carbocycles. The van der Waals surface area contributed by atoms with Crippen molar-refractivity contribution < 1.29 is 0 Å². The molecule has 134 valence electrons. The second kappa shape index (κ2) is 5.81. The van der Waals surface area contributed by atoms with E-state index in [0.29, 0.717) is 12.2 Å². The van der Waals surface area contributed by atoms with Crippen molar-refractivity contribution in [2.75, 3.05) is 26.0 Å². The zero-order valence-electron chi connectivity index (χ0n) is 16.2. The van der Waals surface area contributed by atoms with Crippen molar-refractivity contribution >= 4 is 16.3 Å². The van der Waals surface area contributed by atoms with Crippen molar-refractivity contribution in [1.82, 2.24) is 14.9 Å². The lowest BCUT2D eigenvalue weighted by Gasteiger charge is -2.46. The average molecular weight is 357 g/mol. The standard InChI is InChI=1S/C20H28N4S/c1-12-8-10-16(11-9-12)18-17-13(2)14(3)25-19(17)24-15(4)22(6)23(7)20(24)21(18)5/h8-11,15,18,20H,1-7H3. The molecule has 0 radical (unpaired) electrons. The number of thiophene rings is 1. The Morgan fingerprint density at radius 2 is 1.56 bits per heavy atom. The van der Waals surface area contributed by atoms with Crippen LogP contribution in [0, 0.1) is 20.8 Å². The summed E-state index contributed by atoms with van der Waals surface area (Å²) < 4.78 is 0. The van der Waals surface area contributed by atoms with Gasteiger partial charge in [-0.2, -0.15) is 0 Å². The molecule has 1 fully saturated rings. The smallest absolute Gasteiger partial charge is 0.155 e. The molecule has 1 saturated heterocycles. The maximum Gasteiger partial charge on any atom is 0.155 e. The fourth-order valence-corrected chi connectivity index (χ4v) is 5.62. The van der Waals surface area contributed by atoms with Gasteiger partial charge in [-0.05, 0) is 45.9 Å². The third-order valence-corrected chi connectivity index (χ3v) is 7.35. The van der Waals surface area contributed by atoms with E-state index in [1.807, 2.05) is 11.3 Å². The molecule has 0 N–H and O–H groups in total. The predicted octanol–water partition coefficient (Wildman–Crippen LogP) is 3.94. The average Bonchev–Trinajstić information content (AvgIpc) is 2.99. The van der Waals surface area contributed by atoms with Crippen LogP contribution in [0.25, 0.3) is 0 Å². The van der Waals surface area contributed by atoms with E-state index in [0.717, 1.165) is 0 Å². The van der Waals surface area contributed by atoms with Gasteiger partial charge in [0.2, 0.25) is 0 Å². The minimum atomic E-state index is 0.247. The van der Waals surface area contributed by atoms with E-state index >= 15 is 0 Å². The number of fused-ring (bicyclic) bond motifs is 3. The van der Waals surface area contributed by atoms with E-state index < -0.39 is 0 Å². The summed E-state index contributed by atoms with van der Waals surface area (Å²) >= 11 is 1.95. The first-order valence-electron chi connectivity index (χ1n) is 8.95. The summed E-state index contributed by atoms with van der Waals surface area (Å²) in [5.41, 5.74) is 5.63. The van der Waals surface area contributed by atoms with E-state index in [-0.39, 0.29) is 6.29 Å². The largest absolute Gasteiger partial charge is 0.317 e. The molecule has 3 heterocycles. The Balaban J connectivity index is 1.93. The van der Waals surface area contributed by atoms with Crippen molar-refractivity contribution in [2.24, 2.45) is 0 Å². The van der Waals surface area contributed by atoms with Gasteiger partial charge in [-0.25, -0.2) is 10.0 Å². The van der Waals surface area contributed by atoms with Gasteiger partial charge in [-0.15, -0.1) is 11.3 Å². The third-order valence-electron chi connectivity index (χ3n) is 6.11. The highest BCUT2D eigenvalue weighted by Gasteiger charge is 2.50. The molecule has 5 heteroatoms. The molecule has 2 aliphatic heterocycles. The Morgan fingerprint density at radius 3 is 2.20 bits per heavy atom. The van der Waals surface area contributed by atoms with Crippen LogP contribution >= 0.6 is 11.3 Å². The van der Waals surface area contributed by atoms with Gasteiger partial charge >= 0.3 is 0 Å². The van der Waals surface area contributed by atoms with Crippen molar-refractivity contribution in [1.29, 1.82) is 0 Å². The summed E-state index contributed by atoms with van der Waals surface area (Å²) in [5.74, 6) is 0.